The van der Waals surface area contributed by atoms with E-state index in [0.717, 1.165) is 17.9 Å². The molecule has 0 aliphatic heterocycles. The van der Waals surface area contributed by atoms with Crippen LogP contribution in [-0.4, -0.2) is 38.7 Å². The maximum Gasteiger partial charge on any atom is 0.0644 e. The third-order valence-corrected chi connectivity index (χ3v) is 4.32. The number of rotatable bonds is 7. The first-order valence-corrected chi connectivity index (χ1v) is 7.01. The summed E-state index contributed by atoms with van der Waals surface area (Å²) in [5, 5.41) is 26.5. The molecule has 1 aromatic rings. The first kappa shape index (κ1) is 14.5. The van der Waals surface area contributed by atoms with Crippen molar-refractivity contribution in [3.8, 4) is 0 Å². The fraction of sp³-hybridized carbons (Fsp3) is 0.786. The lowest BCUT2D eigenvalue weighted by molar-refractivity contribution is 0.153. The van der Waals surface area contributed by atoms with E-state index in [1.807, 2.05) is 18.5 Å². The second-order valence-electron chi connectivity index (χ2n) is 5.80. The number of aliphatic hydroxyl groups is 2. The molecule has 0 spiro atoms. The molecule has 1 saturated carbocycles. The monoisotopic (exact) mass is 267 g/mol. The van der Waals surface area contributed by atoms with Crippen molar-refractivity contribution >= 4 is 0 Å². The number of aliphatic hydroxyl groups excluding tert-OH is 2. The van der Waals surface area contributed by atoms with Gasteiger partial charge in [0.2, 0.25) is 0 Å². The Kier molecular flexibility index (Phi) is 4.28. The minimum Gasteiger partial charge on any atom is -0.394 e. The summed E-state index contributed by atoms with van der Waals surface area (Å²) in [7, 11) is 0. The SMILES string of the molecule is Cc1nn(CCO)c(C)c1CNC(C)(CO)C1CC1. The number of aryl methyl sites for hydroxylation is 1. The van der Waals surface area contributed by atoms with Crippen molar-refractivity contribution in [1.82, 2.24) is 15.1 Å². The number of hydrogen-bond donors (Lipinski definition) is 3. The second-order valence-corrected chi connectivity index (χ2v) is 5.80. The molecule has 0 saturated heterocycles. The summed E-state index contributed by atoms with van der Waals surface area (Å²) >= 11 is 0. The first-order chi connectivity index (χ1) is 9.01. The van der Waals surface area contributed by atoms with Gasteiger partial charge < -0.3 is 15.5 Å². The molecule has 1 aliphatic carbocycles. The van der Waals surface area contributed by atoms with E-state index >= 15 is 0 Å². The topological polar surface area (TPSA) is 70.3 Å². The molecular formula is C14H25N3O2. The van der Waals surface area contributed by atoms with Crippen molar-refractivity contribution in [2.24, 2.45) is 5.92 Å². The molecule has 1 atom stereocenters. The van der Waals surface area contributed by atoms with E-state index in [1.54, 1.807) is 0 Å². The van der Waals surface area contributed by atoms with Gasteiger partial charge in [-0.2, -0.15) is 5.10 Å². The third kappa shape index (κ3) is 2.99. The van der Waals surface area contributed by atoms with Crippen molar-refractivity contribution in [1.29, 1.82) is 0 Å². The van der Waals surface area contributed by atoms with Gasteiger partial charge in [-0.05, 0) is 39.5 Å². The number of nitrogens with one attached hydrogen (secondary N) is 1. The van der Waals surface area contributed by atoms with Crippen LogP contribution >= 0.6 is 0 Å². The lowest BCUT2D eigenvalue weighted by atomic mass is 9.96. The largest absolute Gasteiger partial charge is 0.394 e. The molecule has 1 unspecified atom stereocenters. The average molecular weight is 267 g/mol. The summed E-state index contributed by atoms with van der Waals surface area (Å²) in [5.41, 5.74) is 3.08. The highest BCUT2D eigenvalue weighted by atomic mass is 16.3. The van der Waals surface area contributed by atoms with E-state index in [1.165, 1.54) is 18.4 Å². The minimum atomic E-state index is -0.183. The molecule has 0 bridgehead atoms. The van der Waals surface area contributed by atoms with E-state index < -0.39 is 0 Å². The molecule has 19 heavy (non-hydrogen) atoms. The maximum atomic E-state index is 9.59. The molecule has 5 nitrogen and oxygen atoms in total. The van der Waals surface area contributed by atoms with Crippen LogP contribution in [-0.2, 0) is 13.1 Å². The Morgan fingerprint density at radius 2 is 2.05 bits per heavy atom. The molecule has 0 aromatic carbocycles. The zero-order valence-corrected chi connectivity index (χ0v) is 12.1. The highest BCUT2D eigenvalue weighted by molar-refractivity contribution is 5.24. The van der Waals surface area contributed by atoms with Gasteiger partial charge in [0.15, 0.2) is 0 Å². The van der Waals surface area contributed by atoms with Crippen LogP contribution in [0.5, 0.6) is 0 Å². The first-order valence-electron chi connectivity index (χ1n) is 7.01. The number of hydrogen-bond acceptors (Lipinski definition) is 4. The predicted octanol–water partition coefficient (Wildman–Crippen LogP) is 0.743. The van der Waals surface area contributed by atoms with Crippen molar-refractivity contribution in [2.75, 3.05) is 13.2 Å². The molecule has 1 heterocycles. The predicted molar refractivity (Wildman–Crippen MR) is 73.8 cm³/mol. The van der Waals surface area contributed by atoms with E-state index in [2.05, 4.69) is 17.3 Å². The van der Waals surface area contributed by atoms with E-state index in [4.69, 9.17) is 5.11 Å². The zero-order valence-electron chi connectivity index (χ0n) is 12.1. The van der Waals surface area contributed by atoms with Crippen LogP contribution < -0.4 is 5.32 Å². The molecule has 0 radical (unpaired) electrons. The summed E-state index contributed by atoms with van der Waals surface area (Å²) < 4.78 is 1.85. The third-order valence-electron chi connectivity index (χ3n) is 4.32. The number of nitrogens with zero attached hydrogens (tertiary/aromatic N) is 2. The van der Waals surface area contributed by atoms with E-state index in [9.17, 15) is 5.11 Å². The summed E-state index contributed by atoms with van der Waals surface area (Å²) in [6.45, 7) is 7.63. The standard InChI is InChI=1S/C14H25N3O2/c1-10-13(11(2)17(16-10)6-7-18)8-15-14(3,9-19)12-4-5-12/h12,15,18-19H,4-9H2,1-3H3. The van der Waals surface area contributed by atoms with E-state index in [-0.39, 0.29) is 18.8 Å². The number of aromatic nitrogens is 2. The van der Waals surface area contributed by atoms with Crippen molar-refractivity contribution < 1.29 is 10.2 Å². The normalized spacial score (nSPS) is 18.6. The fourth-order valence-electron chi connectivity index (χ4n) is 2.64. The van der Waals surface area contributed by atoms with Crippen molar-refractivity contribution in [2.45, 2.75) is 52.2 Å². The molecule has 0 amide bonds. The molecule has 5 heteroatoms. The van der Waals surface area contributed by atoms with Gasteiger partial charge in [0, 0.05) is 23.3 Å². The van der Waals surface area contributed by atoms with Gasteiger partial charge in [-0.25, -0.2) is 0 Å². The Morgan fingerprint density at radius 3 is 2.58 bits per heavy atom. The quantitative estimate of drug-likeness (QED) is 0.681. The summed E-state index contributed by atoms with van der Waals surface area (Å²) in [6, 6.07) is 0. The van der Waals surface area contributed by atoms with Gasteiger partial charge >= 0.3 is 0 Å². The summed E-state index contributed by atoms with van der Waals surface area (Å²) in [4.78, 5) is 0. The summed E-state index contributed by atoms with van der Waals surface area (Å²) in [6.07, 6.45) is 2.40. The molecular weight excluding hydrogens is 242 g/mol. The van der Waals surface area contributed by atoms with Crippen LogP contribution in [0.1, 0.15) is 36.7 Å². The Bertz CT molecular complexity index is 440. The average Bonchev–Trinajstić information content (AvgIpc) is 3.19. The fourth-order valence-corrected chi connectivity index (χ4v) is 2.64. The molecule has 108 valence electrons. The van der Waals surface area contributed by atoms with Crippen LogP contribution in [0.3, 0.4) is 0 Å². The van der Waals surface area contributed by atoms with Gasteiger partial charge in [0.1, 0.15) is 0 Å². The van der Waals surface area contributed by atoms with Gasteiger partial charge in [-0.3, -0.25) is 4.68 Å². The van der Waals surface area contributed by atoms with Crippen LogP contribution in [0, 0.1) is 19.8 Å². The Labute approximate surface area is 114 Å². The minimum absolute atomic E-state index is 0.102. The van der Waals surface area contributed by atoms with Gasteiger partial charge in [0.05, 0.1) is 25.5 Å². The van der Waals surface area contributed by atoms with E-state index in [0.29, 0.717) is 12.5 Å². The molecule has 1 aromatic heterocycles. The van der Waals surface area contributed by atoms with Crippen LogP contribution in [0.4, 0.5) is 0 Å². The van der Waals surface area contributed by atoms with Gasteiger partial charge in [-0.15, -0.1) is 0 Å². The van der Waals surface area contributed by atoms with Gasteiger partial charge in [-0.1, -0.05) is 0 Å². The highest BCUT2D eigenvalue weighted by Crippen LogP contribution is 2.39. The Balaban J connectivity index is 2.06. The maximum absolute atomic E-state index is 9.59. The van der Waals surface area contributed by atoms with Crippen LogP contribution in [0.15, 0.2) is 0 Å². The summed E-state index contributed by atoms with van der Waals surface area (Å²) in [5.74, 6) is 0.589. The lowest BCUT2D eigenvalue weighted by Crippen LogP contribution is -2.47. The second kappa shape index (κ2) is 5.61. The smallest absolute Gasteiger partial charge is 0.0644 e. The molecule has 3 N–H and O–H groups in total. The van der Waals surface area contributed by atoms with Crippen LogP contribution in [0.2, 0.25) is 0 Å². The Morgan fingerprint density at radius 1 is 1.37 bits per heavy atom. The Hall–Kier alpha value is -0.910. The highest BCUT2D eigenvalue weighted by Gasteiger charge is 2.40. The van der Waals surface area contributed by atoms with Crippen molar-refractivity contribution in [3.63, 3.8) is 0 Å². The van der Waals surface area contributed by atoms with Crippen molar-refractivity contribution in [3.05, 3.63) is 17.0 Å². The zero-order chi connectivity index (χ0) is 14.0. The lowest BCUT2D eigenvalue weighted by Gasteiger charge is -2.29. The van der Waals surface area contributed by atoms with Gasteiger partial charge in [0.25, 0.3) is 0 Å². The molecule has 1 aliphatic rings. The van der Waals surface area contributed by atoms with Crippen LogP contribution in [0.25, 0.3) is 0 Å². The molecule has 1 fully saturated rings. The molecule has 2 rings (SSSR count).